The molecule has 0 amide bonds. The highest BCUT2D eigenvalue weighted by Crippen LogP contribution is 2.12. The van der Waals surface area contributed by atoms with E-state index >= 15 is 0 Å². The van der Waals surface area contributed by atoms with Gasteiger partial charge in [0.05, 0.1) is 12.6 Å². The van der Waals surface area contributed by atoms with Gasteiger partial charge in [0.2, 0.25) is 0 Å². The van der Waals surface area contributed by atoms with Gasteiger partial charge in [0.15, 0.2) is 5.78 Å². The molecule has 0 aromatic heterocycles. The van der Waals surface area contributed by atoms with Crippen molar-refractivity contribution < 1.29 is 9.90 Å². The molecule has 0 radical (unpaired) electrons. The molecule has 0 aliphatic carbocycles. The van der Waals surface area contributed by atoms with Crippen molar-refractivity contribution >= 4 is 5.78 Å². The lowest BCUT2D eigenvalue weighted by Crippen LogP contribution is -2.39. The minimum atomic E-state index is -0.181. The lowest BCUT2D eigenvalue weighted by atomic mass is 10.0. The van der Waals surface area contributed by atoms with Crippen LogP contribution in [0.3, 0.4) is 0 Å². The van der Waals surface area contributed by atoms with E-state index in [1.165, 1.54) is 5.56 Å². The summed E-state index contributed by atoms with van der Waals surface area (Å²) < 4.78 is 0. The van der Waals surface area contributed by atoms with Crippen LogP contribution >= 0.6 is 0 Å². The van der Waals surface area contributed by atoms with Gasteiger partial charge >= 0.3 is 0 Å². The number of aryl methyl sites for hydroxylation is 1. The van der Waals surface area contributed by atoms with Crippen LogP contribution < -0.4 is 0 Å². The Morgan fingerprint density at radius 2 is 1.89 bits per heavy atom. The standard InChI is InChI=1S/C16H23NO2/c1-2-3-13-4-6-14(7-5-13)16(19)12-17-10-8-15(18)9-11-17/h4-7,15,18H,2-3,8-12H2,1H3. The monoisotopic (exact) mass is 261 g/mol. The predicted molar refractivity (Wildman–Crippen MR) is 76.4 cm³/mol. The fourth-order valence-electron chi connectivity index (χ4n) is 2.52. The number of rotatable bonds is 5. The summed E-state index contributed by atoms with van der Waals surface area (Å²) in [5.74, 6) is 0.180. The zero-order valence-electron chi connectivity index (χ0n) is 11.6. The third kappa shape index (κ3) is 4.15. The van der Waals surface area contributed by atoms with Crippen LogP contribution in [-0.2, 0) is 6.42 Å². The number of benzene rings is 1. The van der Waals surface area contributed by atoms with Crippen LogP contribution in [0, 0.1) is 0 Å². The number of carbonyl (C=O) groups excluding carboxylic acids is 1. The summed E-state index contributed by atoms with van der Waals surface area (Å²) >= 11 is 0. The van der Waals surface area contributed by atoms with Gasteiger partial charge in [-0.3, -0.25) is 9.69 Å². The van der Waals surface area contributed by atoms with Crippen LogP contribution in [0.25, 0.3) is 0 Å². The van der Waals surface area contributed by atoms with Crippen molar-refractivity contribution in [3.05, 3.63) is 35.4 Å². The summed E-state index contributed by atoms with van der Waals surface area (Å²) in [5.41, 5.74) is 2.09. The quantitative estimate of drug-likeness (QED) is 0.827. The second kappa shape index (κ2) is 6.83. The first kappa shape index (κ1) is 14.2. The van der Waals surface area contributed by atoms with E-state index in [0.717, 1.165) is 44.3 Å². The van der Waals surface area contributed by atoms with Crippen LogP contribution in [0.5, 0.6) is 0 Å². The molecule has 1 fully saturated rings. The molecular formula is C16H23NO2. The van der Waals surface area contributed by atoms with Crippen molar-refractivity contribution in [3.8, 4) is 0 Å². The van der Waals surface area contributed by atoms with Gasteiger partial charge in [0.1, 0.15) is 0 Å². The minimum Gasteiger partial charge on any atom is -0.393 e. The first-order valence-electron chi connectivity index (χ1n) is 7.21. The van der Waals surface area contributed by atoms with E-state index in [0.29, 0.717) is 6.54 Å². The van der Waals surface area contributed by atoms with E-state index in [1.54, 1.807) is 0 Å². The number of Topliss-reactive ketones (excluding diaryl/α,β-unsaturated/α-hetero) is 1. The van der Waals surface area contributed by atoms with E-state index in [4.69, 9.17) is 0 Å². The molecule has 104 valence electrons. The predicted octanol–water partition coefficient (Wildman–Crippen LogP) is 2.28. The maximum absolute atomic E-state index is 12.2. The van der Waals surface area contributed by atoms with Gasteiger partial charge < -0.3 is 5.11 Å². The zero-order valence-corrected chi connectivity index (χ0v) is 11.6. The van der Waals surface area contributed by atoms with Crippen molar-refractivity contribution in [1.29, 1.82) is 0 Å². The molecule has 1 heterocycles. The number of hydrogen-bond acceptors (Lipinski definition) is 3. The molecule has 0 bridgehead atoms. The molecule has 1 aliphatic heterocycles. The van der Waals surface area contributed by atoms with Crippen LogP contribution in [0.1, 0.15) is 42.1 Å². The van der Waals surface area contributed by atoms with Gasteiger partial charge in [-0.05, 0) is 24.8 Å². The number of hydrogen-bond donors (Lipinski definition) is 1. The van der Waals surface area contributed by atoms with Crippen LogP contribution in [0.4, 0.5) is 0 Å². The molecule has 3 heteroatoms. The third-order valence-electron chi connectivity index (χ3n) is 3.74. The first-order valence-corrected chi connectivity index (χ1v) is 7.21. The van der Waals surface area contributed by atoms with Crippen molar-refractivity contribution in [2.24, 2.45) is 0 Å². The lowest BCUT2D eigenvalue weighted by Gasteiger charge is -2.28. The highest BCUT2D eigenvalue weighted by molar-refractivity contribution is 5.97. The van der Waals surface area contributed by atoms with Crippen LogP contribution in [0.2, 0.25) is 0 Å². The van der Waals surface area contributed by atoms with Gasteiger partial charge in [0.25, 0.3) is 0 Å². The van der Waals surface area contributed by atoms with Crippen LogP contribution in [0.15, 0.2) is 24.3 Å². The Morgan fingerprint density at radius 3 is 2.47 bits per heavy atom. The number of likely N-dealkylation sites (tertiary alicyclic amines) is 1. The highest BCUT2D eigenvalue weighted by Gasteiger charge is 2.19. The average Bonchev–Trinajstić information content (AvgIpc) is 2.42. The Morgan fingerprint density at radius 1 is 1.26 bits per heavy atom. The van der Waals surface area contributed by atoms with Gasteiger partial charge in [0, 0.05) is 18.7 Å². The fourth-order valence-corrected chi connectivity index (χ4v) is 2.52. The number of piperidine rings is 1. The molecule has 0 spiro atoms. The van der Waals surface area contributed by atoms with E-state index in [1.807, 2.05) is 12.1 Å². The molecule has 1 aromatic carbocycles. The summed E-state index contributed by atoms with van der Waals surface area (Å²) in [6, 6.07) is 7.98. The van der Waals surface area contributed by atoms with Gasteiger partial charge in [-0.15, -0.1) is 0 Å². The zero-order chi connectivity index (χ0) is 13.7. The minimum absolute atomic E-state index is 0.180. The SMILES string of the molecule is CCCc1ccc(C(=O)CN2CCC(O)CC2)cc1. The number of carbonyl (C=O) groups is 1. The Labute approximate surface area is 115 Å². The van der Waals surface area contributed by atoms with E-state index in [2.05, 4.69) is 24.0 Å². The van der Waals surface area contributed by atoms with E-state index in [9.17, 15) is 9.90 Å². The molecule has 2 rings (SSSR count). The summed E-state index contributed by atoms with van der Waals surface area (Å²) in [6.45, 7) is 4.27. The number of aliphatic hydroxyl groups is 1. The molecule has 1 saturated heterocycles. The lowest BCUT2D eigenvalue weighted by molar-refractivity contribution is 0.0711. The second-order valence-corrected chi connectivity index (χ2v) is 5.38. The van der Waals surface area contributed by atoms with Crippen molar-refractivity contribution in [2.75, 3.05) is 19.6 Å². The molecule has 19 heavy (non-hydrogen) atoms. The smallest absolute Gasteiger partial charge is 0.176 e. The Kier molecular flexibility index (Phi) is 5.11. The maximum atomic E-state index is 12.2. The van der Waals surface area contributed by atoms with Crippen molar-refractivity contribution in [3.63, 3.8) is 0 Å². The number of ketones is 1. The number of nitrogens with zero attached hydrogens (tertiary/aromatic N) is 1. The fraction of sp³-hybridized carbons (Fsp3) is 0.562. The van der Waals surface area contributed by atoms with Crippen molar-refractivity contribution in [2.45, 2.75) is 38.7 Å². The Bertz CT molecular complexity index is 405. The highest BCUT2D eigenvalue weighted by atomic mass is 16.3. The second-order valence-electron chi connectivity index (χ2n) is 5.38. The molecular weight excluding hydrogens is 238 g/mol. The average molecular weight is 261 g/mol. The van der Waals surface area contributed by atoms with Gasteiger partial charge in [-0.25, -0.2) is 0 Å². The topological polar surface area (TPSA) is 40.5 Å². The molecule has 3 nitrogen and oxygen atoms in total. The molecule has 1 aliphatic rings. The largest absolute Gasteiger partial charge is 0.393 e. The molecule has 0 unspecified atom stereocenters. The normalized spacial score (nSPS) is 17.6. The third-order valence-corrected chi connectivity index (χ3v) is 3.74. The Balaban J connectivity index is 1.88. The van der Waals surface area contributed by atoms with Crippen molar-refractivity contribution in [1.82, 2.24) is 4.90 Å². The summed E-state index contributed by atoms with van der Waals surface area (Å²) in [7, 11) is 0. The maximum Gasteiger partial charge on any atom is 0.176 e. The van der Waals surface area contributed by atoms with Gasteiger partial charge in [-0.1, -0.05) is 37.6 Å². The first-order chi connectivity index (χ1) is 9.19. The van der Waals surface area contributed by atoms with E-state index < -0.39 is 0 Å². The number of aliphatic hydroxyl groups excluding tert-OH is 1. The Hall–Kier alpha value is -1.19. The molecule has 1 N–H and O–H groups in total. The summed E-state index contributed by atoms with van der Waals surface area (Å²) in [6.07, 6.45) is 3.58. The summed E-state index contributed by atoms with van der Waals surface area (Å²) in [5, 5.41) is 9.45. The molecule has 1 aromatic rings. The van der Waals surface area contributed by atoms with Crippen LogP contribution in [-0.4, -0.2) is 41.5 Å². The summed E-state index contributed by atoms with van der Waals surface area (Å²) in [4.78, 5) is 14.3. The van der Waals surface area contributed by atoms with Gasteiger partial charge in [-0.2, -0.15) is 0 Å². The molecule has 0 saturated carbocycles. The van der Waals surface area contributed by atoms with E-state index in [-0.39, 0.29) is 11.9 Å². The molecule has 0 atom stereocenters.